The molecule has 3 N–H and O–H groups in total. The van der Waals surface area contributed by atoms with Crippen molar-refractivity contribution in [1.82, 2.24) is 10.6 Å². The molecule has 0 spiro atoms. The standard InChI is InChI=1S/C33H44N2O6S/c1-3-11-28(22-31(37)34-17-19-40-20-18-36)32(38)35-30(25-42-24-27-15-9-6-10-16-27)23-41-33(39)29(12-4-2)21-26-13-7-5-8-14-26/h3-10,13-16,28-30,36H,1-2,11-12,17-25H2,(H,34,37)(H,35,38)/t28-,29+,30-/m1/s1. The molecule has 0 saturated carbocycles. The van der Waals surface area contributed by atoms with Gasteiger partial charge in [-0.05, 0) is 30.4 Å². The monoisotopic (exact) mass is 596 g/mol. The van der Waals surface area contributed by atoms with Crippen LogP contribution in [0.2, 0.25) is 0 Å². The third-order valence-electron chi connectivity index (χ3n) is 6.37. The molecule has 0 bridgehead atoms. The maximum Gasteiger partial charge on any atom is 0.309 e. The zero-order valence-corrected chi connectivity index (χ0v) is 25.1. The number of carbonyl (C=O) groups excluding carboxylic acids is 3. The highest BCUT2D eigenvalue weighted by molar-refractivity contribution is 7.98. The molecule has 0 aliphatic heterocycles. The molecule has 0 fully saturated rings. The number of benzene rings is 2. The summed E-state index contributed by atoms with van der Waals surface area (Å²) >= 11 is 1.63. The molecule has 228 valence electrons. The number of esters is 1. The second-order valence-electron chi connectivity index (χ2n) is 9.86. The minimum absolute atomic E-state index is 0.0139. The summed E-state index contributed by atoms with van der Waals surface area (Å²) in [4.78, 5) is 38.9. The average molecular weight is 597 g/mol. The number of hydrogen-bond acceptors (Lipinski definition) is 7. The molecule has 0 aliphatic carbocycles. The summed E-state index contributed by atoms with van der Waals surface area (Å²) in [6, 6.07) is 19.3. The van der Waals surface area contributed by atoms with E-state index in [-0.39, 0.29) is 63.1 Å². The Balaban J connectivity index is 2.01. The van der Waals surface area contributed by atoms with Crippen molar-refractivity contribution >= 4 is 29.5 Å². The zero-order valence-electron chi connectivity index (χ0n) is 24.2. The van der Waals surface area contributed by atoms with E-state index in [9.17, 15) is 14.4 Å². The molecule has 42 heavy (non-hydrogen) atoms. The van der Waals surface area contributed by atoms with Gasteiger partial charge >= 0.3 is 5.97 Å². The number of allylic oxidation sites excluding steroid dienone is 2. The summed E-state index contributed by atoms with van der Waals surface area (Å²) in [6.45, 7) is 8.22. The Morgan fingerprint density at radius 2 is 1.55 bits per heavy atom. The van der Waals surface area contributed by atoms with E-state index in [4.69, 9.17) is 14.6 Å². The largest absolute Gasteiger partial charge is 0.463 e. The van der Waals surface area contributed by atoms with Crippen molar-refractivity contribution in [3.05, 3.63) is 97.1 Å². The molecule has 2 aromatic carbocycles. The number of nitrogens with one attached hydrogen (secondary N) is 2. The van der Waals surface area contributed by atoms with Crippen LogP contribution in [0.15, 0.2) is 86.0 Å². The van der Waals surface area contributed by atoms with E-state index in [0.717, 1.165) is 16.9 Å². The second-order valence-corrected chi connectivity index (χ2v) is 10.9. The van der Waals surface area contributed by atoms with Crippen LogP contribution in [0.5, 0.6) is 0 Å². The topological polar surface area (TPSA) is 114 Å². The highest BCUT2D eigenvalue weighted by Gasteiger charge is 2.25. The lowest BCUT2D eigenvalue weighted by Gasteiger charge is -2.23. The summed E-state index contributed by atoms with van der Waals surface area (Å²) in [5.74, 6) is -0.647. The summed E-state index contributed by atoms with van der Waals surface area (Å²) in [5, 5.41) is 14.5. The molecule has 9 heteroatoms. The van der Waals surface area contributed by atoms with E-state index >= 15 is 0 Å². The Kier molecular flexibility index (Phi) is 17.7. The predicted octanol–water partition coefficient (Wildman–Crippen LogP) is 4.09. The van der Waals surface area contributed by atoms with Gasteiger partial charge in [0.15, 0.2) is 0 Å². The molecule has 0 aliphatic rings. The summed E-state index contributed by atoms with van der Waals surface area (Å²) < 4.78 is 10.9. The van der Waals surface area contributed by atoms with Crippen molar-refractivity contribution in [2.24, 2.45) is 11.8 Å². The van der Waals surface area contributed by atoms with Crippen LogP contribution in [-0.4, -0.2) is 67.7 Å². The van der Waals surface area contributed by atoms with Crippen molar-refractivity contribution < 1.29 is 29.0 Å². The number of rotatable bonds is 22. The molecule has 3 atom stereocenters. The van der Waals surface area contributed by atoms with Gasteiger partial charge in [0.2, 0.25) is 11.8 Å². The molecule has 0 heterocycles. The molecule has 2 aromatic rings. The van der Waals surface area contributed by atoms with Crippen LogP contribution in [-0.2, 0) is 36.0 Å². The van der Waals surface area contributed by atoms with Gasteiger partial charge in [0, 0.05) is 24.5 Å². The number of ether oxygens (including phenoxy) is 2. The van der Waals surface area contributed by atoms with Gasteiger partial charge in [0.1, 0.15) is 6.61 Å². The molecule has 0 radical (unpaired) electrons. The normalized spacial score (nSPS) is 12.9. The fourth-order valence-corrected chi connectivity index (χ4v) is 5.23. The first-order valence-corrected chi connectivity index (χ1v) is 15.4. The lowest BCUT2D eigenvalue weighted by Crippen LogP contribution is -2.45. The Bertz CT molecular complexity index is 1080. The third kappa shape index (κ3) is 14.5. The fourth-order valence-electron chi connectivity index (χ4n) is 4.22. The quantitative estimate of drug-likeness (QED) is 0.107. The highest BCUT2D eigenvalue weighted by Crippen LogP contribution is 2.18. The number of aliphatic hydroxyl groups excluding tert-OH is 1. The highest BCUT2D eigenvalue weighted by atomic mass is 32.2. The van der Waals surface area contributed by atoms with Crippen LogP contribution in [0.25, 0.3) is 0 Å². The Labute approximate surface area is 254 Å². The fraction of sp³-hybridized carbons (Fsp3) is 0.424. The van der Waals surface area contributed by atoms with Crippen molar-refractivity contribution in [2.45, 2.75) is 37.5 Å². The maximum absolute atomic E-state index is 13.3. The average Bonchev–Trinajstić information content (AvgIpc) is 3.00. The van der Waals surface area contributed by atoms with Gasteiger partial charge in [-0.25, -0.2) is 0 Å². The maximum atomic E-state index is 13.3. The molecule has 0 unspecified atom stereocenters. The van der Waals surface area contributed by atoms with Crippen LogP contribution in [0.1, 0.15) is 30.4 Å². The van der Waals surface area contributed by atoms with Crippen molar-refractivity contribution in [3.63, 3.8) is 0 Å². The van der Waals surface area contributed by atoms with Gasteiger partial charge in [0.05, 0.1) is 37.7 Å². The van der Waals surface area contributed by atoms with Crippen molar-refractivity contribution in [1.29, 1.82) is 0 Å². The number of hydrogen-bond donors (Lipinski definition) is 3. The third-order valence-corrected chi connectivity index (χ3v) is 7.55. The van der Waals surface area contributed by atoms with Crippen LogP contribution < -0.4 is 10.6 Å². The smallest absolute Gasteiger partial charge is 0.309 e. The Hall–Kier alpha value is -3.40. The number of amides is 2. The van der Waals surface area contributed by atoms with Crippen LogP contribution >= 0.6 is 11.8 Å². The summed E-state index contributed by atoms with van der Waals surface area (Å²) in [5.41, 5.74) is 2.19. The SMILES string of the molecule is C=CC[C@H](CC(=O)NCCOCCO)C(=O)N[C@H](COC(=O)[C@@H](CC=C)Cc1ccccc1)CSCc1ccccc1. The van der Waals surface area contributed by atoms with E-state index < -0.39 is 12.0 Å². The second kappa shape index (κ2) is 21.3. The van der Waals surface area contributed by atoms with Crippen LogP contribution in [0, 0.1) is 11.8 Å². The molecular weight excluding hydrogens is 552 g/mol. The predicted molar refractivity (Wildman–Crippen MR) is 168 cm³/mol. The number of aliphatic hydroxyl groups is 1. The van der Waals surface area contributed by atoms with Gasteiger partial charge in [-0.3, -0.25) is 14.4 Å². The zero-order chi connectivity index (χ0) is 30.4. The van der Waals surface area contributed by atoms with Gasteiger partial charge in [-0.15, -0.1) is 13.2 Å². The van der Waals surface area contributed by atoms with Crippen molar-refractivity contribution in [3.8, 4) is 0 Å². The van der Waals surface area contributed by atoms with Gasteiger partial charge in [-0.1, -0.05) is 72.8 Å². The van der Waals surface area contributed by atoms with Gasteiger partial charge < -0.3 is 25.2 Å². The van der Waals surface area contributed by atoms with E-state index in [1.54, 1.807) is 23.9 Å². The molecule has 2 rings (SSSR count). The molecule has 2 amide bonds. The number of carbonyl (C=O) groups is 3. The lowest BCUT2D eigenvalue weighted by molar-refractivity contribution is -0.149. The Morgan fingerprint density at radius 3 is 2.19 bits per heavy atom. The molecular formula is C33H44N2O6S. The van der Waals surface area contributed by atoms with E-state index in [1.165, 1.54) is 0 Å². The van der Waals surface area contributed by atoms with Crippen molar-refractivity contribution in [2.75, 3.05) is 38.7 Å². The Morgan fingerprint density at radius 1 is 0.905 bits per heavy atom. The molecule has 8 nitrogen and oxygen atoms in total. The molecule has 0 saturated heterocycles. The minimum atomic E-state index is -0.621. The van der Waals surface area contributed by atoms with E-state index in [1.807, 2.05) is 60.7 Å². The minimum Gasteiger partial charge on any atom is -0.463 e. The molecule has 0 aromatic heterocycles. The number of thioether (sulfide) groups is 1. The van der Waals surface area contributed by atoms with Gasteiger partial charge in [-0.2, -0.15) is 11.8 Å². The lowest BCUT2D eigenvalue weighted by atomic mass is 9.96. The summed E-state index contributed by atoms with van der Waals surface area (Å²) in [7, 11) is 0. The van der Waals surface area contributed by atoms with Crippen LogP contribution in [0.3, 0.4) is 0 Å². The van der Waals surface area contributed by atoms with E-state index in [0.29, 0.717) is 25.0 Å². The van der Waals surface area contributed by atoms with E-state index in [2.05, 4.69) is 23.8 Å². The van der Waals surface area contributed by atoms with Crippen LogP contribution in [0.4, 0.5) is 0 Å². The van der Waals surface area contributed by atoms with Gasteiger partial charge in [0.25, 0.3) is 0 Å². The first kappa shape index (κ1) is 34.8. The summed E-state index contributed by atoms with van der Waals surface area (Å²) in [6.07, 6.45) is 4.66. The first-order chi connectivity index (χ1) is 20.5. The first-order valence-electron chi connectivity index (χ1n) is 14.3.